The van der Waals surface area contributed by atoms with E-state index in [4.69, 9.17) is 23.2 Å². The van der Waals surface area contributed by atoms with E-state index in [1.807, 2.05) is 19.1 Å². The summed E-state index contributed by atoms with van der Waals surface area (Å²) in [4.78, 5) is 4.17. The molecule has 1 nitrogen and oxygen atoms in total. The number of halogens is 2. The summed E-state index contributed by atoms with van der Waals surface area (Å²) in [5, 5.41) is 0.722. The Bertz CT molecular complexity index is 397. The van der Waals surface area contributed by atoms with Gasteiger partial charge in [0.2, 0.25) is 0 Å². The molecule has 1 heterocycles. The van der Waals surface area contributed by atoms with Gasteiger partial charge in [0.15, 0.2) is 4.47 Å². The van der Waals surface area contributed by atoms with E-state index in [0.717, 1.165) is 20.8 Å². The summed E-state index contributed by atoms with van der Waals surface area (Å²) >= 11 is 13.1. The lowest BCUT2D eigenvalue weighted by Crippen LogP contribution is -1.75. The number of aromatic nitrogens is 1. The number of benzene rings is 1. The van der Waals surface area contributed by atoms with Crippen molar-refractivity contribution in [3.8, 4) is 0 Å². The highest BCUT2D eigenvalue weighted by Crippen LogP contribution is 2.33. The molecule has 12 heavy (non-hydrogen) atoms. The summed E-state index contributed by atoms with van der Waals surface area (Å²) in [5.41, 5.74) is 2.02. The molecular weight excluding hydrogens is 213 g/mol. The van der Waals surface area contributed by atoms with Crippen molar-refractivity contribution in [3.63, 3.8) is 0 Å². The molecular formula is C8H5Cl2NS. The fourth-order valence-corrected chi connectivity index (χ4v) is 2.43. The molecule has 0 amide bonds. The molecule has 62 valence electrons. The third kappa shape index (κ3) is 1.20. The first-order valence-electron chi connectivity index (χ1n) is 3.39. The molecule has 4 heteroatoms. The molecule has 0 aliphatic rings. The standard InChI is InChI=1S/C8H5Cl2NS/c1-4-2-3-5(9)7-6(4)11-8(10)12-7/h2-3H,1H3. The molecule has 0 fully saturated rings. The lowest BCUT2D eigenvalue weighted by atomic mass is 10.2. The highest BCUT2D eigenvalue weighted by atomic mass is 35.5. The molecule has 0 N–H and O–H groups in total. The van der Waals surface area contributed by atoms with Gasteiger partial charge in [-0.05, 0) is 18.6 Å². The van der Waals surface area contributed by atoms with Crippen LogP contribution in [0.4, 0.5) is 0 Å². The molecule has 0 unspecified atom stereocenters. The minimum Gasteiger partial charge on any atom is -0.225 e. The van der Waals surface area contributed by atoms with Crippen molar-refractivity contribution in [1.29, 1.82) is 0 Å². The number of hydrogen-bond acceptors (Lipinski definition) is 2. The lowest BCUT2D eigenvalue weighted by Gasteiger charge is -1.94. The Kier molecular flexibility index (Phi) is 1.99. The number of rotatable bonds is 0. The smallest absolute Gasteiger partial charge is 0.184 e. The predicted octanol–water partition coefficient (Wildman–Crippen LogP) is 3.91. The largest absolute Gasteiger partial charge is 0.225 e. The normalized spacial score (nSPS) is 10.9. The average Bonchev–Trinajstić information content (AvgIpc) is 2.41. The minimum absolute atomic E-state index is 0.543. The van der Waals surface area contributed by atoms with Crippen molar-refractivity contribution in [2.75, 3.05) is 0 Å². The third-order valence-corrected chi connectivity index (χ3v) is 3.29. The highest BCUT2D eigenvalue weighted by Gasteiger charge is 2.07. The van der Waals surface area contributed by atoms with Crippen molar-refractivity contribution in [2.24, 2.45) is 0 Å². The number of aryl methyl sites for hydroxylation is 1. The summed E-state index contributed by atoms with van der Waals surface area (Å²) < 4.78 is 1.52. The SMILES string of the molecule is Cc1ccc(Cl)c2sc(Cl)nc12. The second-order valence-electron chi connectivity index (χ2n) is 2.51. The van der Waals surface area contributed by atoms with Crippen LogP contribution in [-0.4, -0.2) is 4.98 Å². The summed E-state index contributed by atoms with van der Waals surface area (Å²) in [6.45, 7) is 1.99. The van der Waals surface area contributed by atoms with E-state index in [2.05, 4.69) is 4.98 Å². The van der Waals surface area contributed by atoms with Crippen LogP contribution in [0, 0.1) is 6.92 Å². The van der Waals surface area contributed by atoms with Gasteiger partial charge in [-0.1, -0.05) is 29.3 Å². The van der Waals surface area contributed by atoms with Gasteiger partial charge in [0.05, 0.1) is 15.2 Å². The monoisotopic (exact) mass is 217 g/mol. The highest BCUT2D eigenvalue weighted by molar-refractivity contribution is 7.22. The fraction of sp³-hybridized carbons (Fsp3) is 0.125. The van der Waals surface area contributed by atoms with Crippen LogP contribution in [0.1, 0.15) is 5.56 Å². The number of hydrogen-bond donors (Lipinski definition) is 0. The van der Waals surface area contributed by atoms with E-state index in [0.29, 0.717) is 4.47 Å². The van der Waals surface area contributed by atoms with Crippen LogP contribution < -0.4 is 0 Å². The Hall–Kier alpha value is -0.310. The van der Waals surface area contributed by atoms with Gasteiger partial charge in [-0.2, -0.15) is 0 Å². The number of nitrogens with zero attached hydrogens (tertiary/aromatic N) is 1. The van der Waals surface area contributed by atoms with E-state index >= 15 is 0 Å². The van der Waals surface area contributed by atoms with Crippen LogP contribution in [0.5, 0.6) is 0 Å². The molecule has 0 spiro atoms. The maximum absolute atomic E-state index is 5.95. The Balaban J connectivity index is 2.93. The lowest BCUT2D eigenvalue weighted by molar-refractivity contribution is 1.43. The molecule has 2 aromatic rings. The molecule has 1 aromatic carbocycles. The van der Waals surface area contributed by atoms with Crippen molar-refractivity contribution < 1.29 is 0 Å². The van der Waals surface area contributed by atoms with Crippen LogP contribution in [0.25, 0.3) is 10.2 Å². The van der Waals surface area contributed by atoms with Crippen molar-refractivity contribution in [1.82, 2.24) is 4.98 Å². The summed E-state index contributed by atoms with van der Waals surface area (Å²) in [7, 11) is 0. The van der Waals surface area contributed by atoms with E-state index in [9.17, 15) is 0 Å². The zero-order valence-corrected chi connectivity index (χ0v) is 8.59. The van der Waals surface area contributed by atoms with Crippen molar-refractivity contribution >= 4 is 44.8 Å². The second kappa shape index (κ2) is 2.87. The van der Waals surface area contributed by atoms with Gasteiger partial charge in [0.1, 0.15) is 0 Å². The maximum atomic E-state index is 5.95. The zero-order valence-electron chi connectivity index (χ0n) is 6.27. The van der Waals surface area contributed by atoms with Crippen LogP contribution >= 0.6 is 34.5 Å². The minimum atomic E-state index is 0.543. The molecule has 2 rings (SSSR count). The Morgan fingerprint density at radius 2 is 2.08 bits per heavy atom. The first kappa shape index (κ1) is 8.30. The molecule has 0 bridgehead atoms. The topological polar surface area (TPSA) is 12.9 Å². The Labute approximate surface area is 83.9 Å². The number of fused-ring (bicyclic) bond motifs is 1. The second-order valence-corrected chi connectivity index (χ2v) is 4.50. The fourth-order valence-electron chi connectivity index (χ4n) is 1.08. The molecule has 0 atom stereocenters. The van der Waals surface area contributed by atoms with E-state index < -0.39 is 0 Å². The van der Waals surface area contributed by atoms with Gasteiger partial charge in [-0.25, -0.2) is 4.98 Å². The molecule has 0 aliphatic carbocycles. The van der Waals surface area contributed by atoms with Gasteiger partial charge >= 0.3 is 0 Å². The summed E-state index contributed by atoms with van der Waals surface area (Å²) in [6, 6.07) is 3.81. The Morgan fingerprint density at radius 1 is 1.33 bits per heavy atom. The predicted molar refractivity (Wildman–Crippen MR) is 54.4 cm³/mol. The van der Waals surface area contributed by atoms with Crippen LogP contribution in [0.3, 0.4) is 0 Å². The van der Waals surface area contributed by atoms with Crippen LogP contribution in [0.15, 0.2) is 12.1 Å². The van der Waals surface area contributed by atoms with E-state index in [1.54, 1.807) is 0 Å². The molecule has 0 saturated heterocycles. The maximum Gasteiger partial charge on any atom is 0.184 e. The van der Waals surface area contributed by atoms with Crippen LogP contribution in [0.2, 0.25) is 9.49 Å². The average molecular weight is 218 g/mol. The first-order valence-corrected chi connectivity index (χ1v) is 4.97. The first-order chi connectivity index (χ1) is 5.68. The van der Waals surface area contributed by atoms with Crippen molar-refractivity contribution in [3.05, 3.63) is 27.2 Å². The molecule has 1 aromatic heterocycles. The zero-order chi connectivity index (χ0) is 8.72. The number of thiazole rings is 1. The Morgan fingerprint density at radius 3 is 2.75 bits per heavy atom. The third-order valence-electron chi connectivity index (χ3n) is 1.67. The molecule has 0 radical (unpaired) electrons. The quantitative estimate of drug-likeness (QED) is 0.653. The molecule has 0 aliphatic heterocycles. The van der Waals surface area contributed by atoms with Gasteiger partial charge in [0, 0.05) is 0 Å². The molecule has 0 saturated carbocycles. The van der Waals surface area contributed by atoms with Gasteiger partial charge in [-0.3, -0.25) is 0 Å². The van der Waals surface area contributed by atoms with Gasteiger partial charge in [-0.15, -0.1) is 11.3 Å². The van der Waals surface area contributed by atoms with Crippen molar-refractivity contribution in [2.45, 2.75) is 6.92 Å². The summed E-state index contributed by atoms with van der Waals surface area (Å²) in [6.07, 6.45) is 0. The van der Waals surface area contributed by atoms with Gasteiger partial charge in [0.25, 0.3) is 0 Å². The summed E-state index contributed by atoms with van der Waals surface area (Å²) in [5.74, 6) is 0. The van der Waals surface area contributed by atoms with Gasteiger partial charge < -0.3 is 0 Å². The van der Waals surface area contributed by atoms with E-state index in [1.165, 1.54) is 11.3 Å². The van der Waals surface area contributed by atoms with Crippen LogP contribution in [-0.2, 0) is 0 Å². The van der Waals surface area contributed by atoms with E-state index in [-0.39, 0.29) is 0 Å².